The van der Waals surface area contributed by atoms with Gasteiger partial charge >= 0.3 is 5.97 Å². The zero-order chi connectivity index (χ0) is 22.5. The van der Waals surface area contributed by atoms with Crippen molar-refractivity contribution in [2.24, 2.45) is 5.41 Å². The van der Waals surface area contributed by atoms with E-state index in [1.165, 1.54) is 35.2 Å². The average molecular weight is 442 g/mol. The van der Waals surface area contributed by atoms with Crippen LogP contribution in [0.2, 0.25) is 5.02 Å². The minimum atomic E-state index is -1.14. The molecular formula is C24H21ClFNO4. The highest BCUT2D eigenvalue weighted by Gasteiger charge is 2.44. The van der Waals surface area contributed by atoms with Crippen molar-refractivity contribution in [1.29, 1.82) is 0 Å². The molecule has 5 nitrogen and oxygen atoms in total. The van der Waals surface area contributed by atoms with Gasteiger partial charge in [-0.05, 0) is 47.7 Å². The number of halogens is 2. The van der Waals surface area contributed by atoms with E-state index in [0.717, 1.165) is 0 Å². The zero-order valence-corrected chi connectivity index (χ0v) is 17.9. The molecule has 0 fully saturated rings. The van der Waals surface area contributed by atoms with E-state index in [1.54, 1.807) is 12.1 Å². The molecule has 0 spiro atoms. The molecule has 1 aliphatic heterocycles. The number of hydrogen-bond donors (Lipinski definition) is 1. The van der Waals surface area contributed by atoms with Gasteiger partial charge in [-0.1, -0.05) is 37.6 Å². The number of carbonyl (C=O) groups excluding carboxylic acids is 2. The van der Waals surface area contributed by atoms with E-state index < -0.39 is 17.7 Å². The molecule has 2 aromatic carbocycles. The lowest BCUT2D eigenvalue weighted by Crippen LogP contribution is -2.44. The molecule has 2 aromatic rings. The monoisotopic (exact) mass is 441 g/mol. The Bertz CT molecular complexity index is 1140. The van der Waals surface area contributed by atoms with Crippen LogP contribution in [0.25, 0.3) is 0 Å². The fraction of sp³-hybridized carbons (Fsp3) is 0.292. The van der Waals surface area contributed by atoms with E-state index in [2.05, 4.69) is 0 Å². The van der Waals surface area contributed by atoms with Crippen molar-refractivity contribution in [1.82, 2.24) is 0 Å². The Kier molecular flexibility index (Phi) is 5.21. The van der Waals surface area contributed by atoms with Gasteiger partial charge in [-0.3, -0.25) is 14.5 Å². The summed E-state index contributed by atoms with van der Waals surface area (Å²) in [5.41, 5.74) is 1.62. The minimum Gasteiger partial charge on any atom is -0.478 e. The van der Waals surface area contributed by atoms with Gasteiger partial charge < -0.3 is 5.11 Å². The Morgan fingerprint density at radius 1 is 1.13 bits per heavy atom. The number of aromatic carboxylic acids is 1. The second-order valence-corrected chi connectivity index (χ2v) is 9.22. The van der Waals surface area contributed by atoms with Crippen LogP contribution in [0.15, 0.2) is 53.7 Å². The third-order valence-electron chi connectivity index (χ3n) is 5.85. The number of rotatable bonds is 3. The number of carbonyl (C=O) groups is 3. The number of ketones is 1. The molecule has 7 heteroatoms. The first-order valence-corrected chi connectivity index (χ1v) is 10.3. The van der Waals surface area contributed by atoms with Gasteiger partial charge in [-0.25, -0.2) is 9.18 Å². The number of Topliss-reactive ketones (excluding diaryl/α,β-unsaturated/α-hetero) is 1. The van der Waals surface area contributed by atoms with Crippen LogP contribution < -0.4 is 4.90 Å². The van der Waals surface area contributed by atoms with Crippen molar-refractivity contribution in [2.45, 2.75) is 39.0 Å². The first kappa shape index (κ1) is 21.2. The smallest absolute Gasteiger partial charge is 0.335 e. The van der Waals surface area contributed by atoms with Gasteiger partial charge in [-0.2, -0.15) is 0 Å². The Hall–Kier alpha value is -2.99. The summed E-state index contributed by atoms with van der Waals surface area (Å²) >= 11 is 6.37. The summed E-state index contributed by atoms with van der Waals surface area (Å²) < 4.78 is 13.5. The number of nitrogens with zero attached hydrogens (tertiary/aromatic N) is 1. The van der Waals surface area contributed by atoms with Crippen molar-refractivity contribution < 1.29 is 23.9 Å². The molecule has 1 aliphatic carbocycles. The lowest BCUT2D eigenvalue weighted by atomic mass is 9.69. The van der Waals surface area contributed by atoms with Gasteiger partial charge in [0.05, 0.1) is 16.3 Å². The average Bonchev–Trinajstić information content (AvgIpc) is 2.67. The fourth-order valence-corrected chi connectivity index (χ4v) is 4.69. The Labute approximate surface area is 184 Å². The molecule has 2 aliphatic rings. The van der Waals surface area contributed by atoms with Crippen LogP contribution in [0.5, 0.6) is 0 Å². The number of benzene rings is 2. The maximum Gasteiger partial charge on any atom is 0.335 e. The normalized spacial score (nSPS) is 20.6. The quantitative estimate of drug-likeness (QED) is 0.697. The molecule has 160 valence electrons. The number of amides is 1. The van der Waals surface area contributed by atoms with Gasteiger partial charge in [0.15, 0.2) is 5.78 Å². The lowest BCUT2D eigenvalue weighted by molar-refractivity contribution is -0.121. The maximum absolute atomic E-state index is 13.5. The first-order chi connectivity index (χ1) is 14.6. The minimum absolute atomic E-state index is 0.00333. The largest absolute Gasteiger partial charge is 0.478 e. The van der Waals surface area contributed by atoms with Crippen LogP contribution in [0, 0.1) is 11.2 Å². The molecule has 0 saturated carbocycles. The standard InChI is InChI=1S/C24H21ClFNO4/c1-24(2)11-19-22(20(28)12-24)16(13-3-6-15(26)7-4-13)10-21(29)27(19)18-9-14(23(30)31)5-8-17(18)25/h3-9,16H,10-12H2,1-2H3,(H,30,31). The fourth-order valence-electron chi connectivity index (χ4n) is 4.49. The van der Waals surface area contributed by atoms with Gasteiger partial charge in [-0.15, -0.1) is 0 Å². The van der Waals surface area contributed by atoms with Gasteiger partial charge in [0.1, 0.15) is 5.82 Å². The molecule has 31 heavy (non-hydrogen) atoms. The van der Waals surface area contributed by atoms with Crippen LogP contribution in [0.3, 0.4) is 0 Å². The van der Waals surface area contributed by atoms with E-state index >= 15 is 0 Å². The van der Waals surface area contributed by atoms with Crippen LogP contribution in [-0.2, 0) is 9.59 Å². The van der Waals surface area contributed by atoms with E-state index in [4.69, 9.17) is 11.6 Å². The van der Waals surface area contributed by atoms with Crippen LogP contribution >= 0.6 is 11.6 Å². The van der Waals surface area contributed by atoms with Crippen LogP contribution in [0.1, 0.15) is 54.9 Å². The van der Waals surface area contributed by atoms with Gasteiger partial charge in [0, 0.05) is 30.0 Å². The molecule has 1 heterocycles. The number of hydrogen-bond acceptors (Lipinski definition) is 3. The van der Waals surface area contributed by atoms with E-state index in [9.17, 15) is 23.9 Å². The highest BCUT2D eigenvalue weighted by Crippen LogP contribution is 2.49. The van der Waals surface area contributed by atoms with Crippen LogP contribution in [-0.4, -0.2) is 22.8 Å². The SMILES string of the molecule is CC1(C)CC(=O)C2=C(C1)N(c1cc(C(=O)O)ccc1Cl)C(=O)CC2c1ccc(F)cc1. The van der Waals surface area contributed by atoms with Gasteiger partial charge in [0.2, 0.25) is 5.91 Å². The van der Waals surface area contributed by atoms with Crippen molar-refractivity contribution in [3.05, 3.63) is 75.7 Å². The van der Waals surface area contributed by atoms with E-state index in [-0.39, 0.29) is 39.8 Å². The molecule has 0 aromatic heterocycles. The molecule has 1 N–H and O–H groups in total. The molecule has 4 rings (SSSR count). The zero-order valence-electron chi connectivity index (χ0n) is 17.1. The van der Waals surface area contributed by atoms with Crippen LogP contribution in [0.4, 0.5) is 10.1 Å². The third-order valence-corrected chi connectivity index (χ3v) is 6.17. The molecule has 0 radical (unpaired) electrons. The molecule has 1 atom stereocenters. The Morgan fingerprint density at radius 3 is 2.45 bits per heavy atom. The summed E-state index contributed by atoms with van der Waals surface area (Å²) in [6.07, 6.45) is 0.782. The highest BCUT2D eigenvalue weighted by atomic mass is 35.5. The number of anilines is 1. The topological polar surface area (TPSA) is 74.7 Å². The molecule has 1 unspecified atom stereocenters. The highest BCUT2D eigenvalue weighted by molar-refractivity contribution is 6.34. The Morgan fingerprint density at radius 2 is 1.81 bits per heavy atom. The predicted octanol–water partition coefficient (Wildman–Crippen LogP) is 5.34. The first-order valence-electron chi connectivity index (χ1n) is 9.95. The van der Waals surface area contributed by atoms with Crippen molar-refractivity contribution in [3.63, 3.8) is 0 Å². The second-order valence-electron chi connectivity index (χ2n) is 8.81. The number of carboxylic acids is 1. The summed E-state index contributed by atoms with van der Waals surface area (Å²) in [6, 6.07) is 9.99. The van der Waals surface area contributed by atoms with Gasteiger partial charge in [0.25, 0.3) is 0 Å². The molecule has 0 saturated heterocycles. The van der Waals surface area contributed by atoms with Crippen molar-refractivity contribution in [3.8, 4) is 0 Å². The van der Waals surface area contributed by atoms with Crippen molar-refractivity contribution >= 4 is 34.9 Å². The summed E-state index contributed by atoms with van der Waals surface area (Å²) in [5.74, 6) is -2.37. The Balaban J connectivity index is 1.93. The third kappa shape index (κ3) is 3.88. The summed E-state index contributed by atoms with van der Waals surface area (Å²) in [5, 5.41) is 9.62. The molecule has 0 bridgehead atoms. The van der Waals surface area contributed by atoms with E-state index in [1.807, 2.05) is 13.8 Å². The predicted molar refractivity (Wildman–Crippen MR) is 115 cm³/mol. The molecule has 1 amide bonds. The lowest BCUT2D eigenvalue weighted by Gasteiger charge is -2.43. The maximum atomic E-state index is 13.5. The molecular weight excluding hydrogens is 421 g/mol. The second kappa shape index (κ2) is 7.61. The van der Waals surface area contributed by atoms with Crippen molar-refractivity contribution in [2.75, 3.05) is 4.90 Å². The summed E-state index contributed by atoms with van der Waals surface area (Å²) in [6.45, 7) is 3.91. The summed E-state index contributed by atoms with van der Waals surface area (Å²) in [7, 11) is 0. The number of carboxylic acid groups (broad SMARTS) is 1. The van der Waals surface area contributed by atoms with E-state index in [0.29, 0.717) is 29.7 Å². The number of allylic oxidation sites excluding steroid dienone is 2. The summed E-state index contributed by atoms with van der Waals surface area (Å²) in [4.78, 5) is 39.5.